The van der Waals surface area contributed by atoms with Crippen molar-refractivity contribution in [1.29, 1.82) is 0 Å². The zero-order chi connectivity index (χ0) is 13.5. The van der Waals surface area contributed by atoms with Gasteiger partial charge in [0.25, 0.3) is 0 Å². The molecule has 0 atom stereocenters. The summed E-state index contributed by atoms with van der Waals surface area (Å²) in [6.45, 7) is 1.98. The maximum absolute atomic E-state index is 13.0. The Hall–Kier alpha value is -2.11. The first-order valence-electron chi connectivity index (χ1n) is 5.51. The SMILES string of the molecule is Cc1cc(F)cc(NC(=O)NCCCC(=O)O)c1. The molecular weight excluding hydrogens is 239 g/mol. The fourth-order valence-electron chi connectivity index (χ4n) is 1.43. The Morgan fingerprint density at radius 2 is 2.06 bits per heavy atom. The molecule has 2 amide bonds. The van der Waals surface area contributed by atoms with Crippen molar-refractivity contribution >= 4 is 17.7 Å². The minimum absolute atomic E-state index is 0.000642. The van der Waals surface area contributed by atoms with Crippen LogP contribution in [0.4, 0.5) is 14.9 Å². The van der Waals surface area contributed by atoms with E-state index in [0.29, 0.717) is 17.7 Å². The number of hydrogen-bond acceptors (Lipinski definition) is 2. The summed E-state index contributed by atoms with van der Waals surface area (Å²) in [6, 6.07) is 3.73. The molecule has 0 aliphatic rings. The van der Waals surface area contributed by atoms with Gasteiger partial charge in [0.1, 0.15) is 5.82 Å². The minimum Gasteiger partial charge on any atom is -0.481 e. The largest absolute Gasteiger partial charge is 0.481 e. The van der Waals surface area contributed by atoms with E-state index in [2.05, 4.69) is 10.6 Å². The van der Waals surface area contributed by atoms with Crippen LogP contribution in [-0.4, -0.2) is 23.7 Å². The summed E-state index contributed by atoms with van der Waals surface area (Å²) in [7, 11) is 0. The minimum atomic E-state index is -0.905. The molecule has 0 aromatic heterocycles. The highest BCUT2D eigenvalue weighted by Gasteiger charge is 2.04. The van der Waals surface area contributed by atoms with Gasteiger partial charge in [0.2, 0.25) is 0 Å². The average molecular weight is 254 g/mol. The van der Waals surface area contributed by atoms with Crippen LogP contribution in [0.3, 0.4) is 0 Å². The molecule has 1 rings (SSSR count). The third kappa shape index (κ3) is 5.29. The van der Waals surface area contributed by atoms with E-state index in [-0.39, 0.29) is 13.0 Å². The van der Waals surface area contributed by atoms with Gasteiger partial charge >= 0.3 is 12.0 Å². The molecular formula is C12H15FN2O3. The van der Waals surface area contributed by atoms with Crippen LogP contribution in [0.1, 0.15) is 18.4 Å². The van der Waals surface area contributed by atoms with E-state index < -0.39 is 17.8 Å². The van der Waals surface area contributed by atoms with E-state index in [9.17, 15) is 14.0 Å². The van der Waals surface area contributed by atoms with Gasteiger partial charge in [-0.3, -0.25) is 4.79 Å². The number of carbonyl (C=O) groups is 2. The molecule has 0 unspecified atom stereocenters. The van der Waals surface area contributed by atoms with Gasteiger partial charge in [0.05, 0.1) is 0 Å². The highest BCUT2D eigenvalue weighted by molar-refractivity contribution is 5.89. The predicted octanol–water partition coefficient (Wildman–Crippen LogP) is 2.12. The van der Waals surface area contributed by atoms with Crippen molar-refractivity contribution < 1.29 is 19.1 Å². The molecule has 18 heavy (non-hydrogen) atoms. The topological polar surface area (TPSA) is 78.4 Å². The number of rotatable bonds is 5. The number of amides is 2. The Balaban J connectivity index is 2.37. The first kappa shape index (κ1) is 14.0. The quantitative estimate of drug-likeness (QED) is 0.704. The zero-order valence-corrected chi connectivity index (χ0v) is 10.00. The third-order valence-electron chi connectivity index (χ3n) is 2.15. The molecule has 5 nitrogen and oxygen atoms in total. The van der Waals surface area contributed by atoms with Crippen molar-refractivity contribution in [3.05, 3.63) is 29.6 Å². The van der Waals surface area contributed by atoms with Gasteiger partial charge < -0.3 is 15.7 Å². The average Bonchev–Trinajstić information content (AvgIpc) is 2.22. The summed E-state index contributed by atoms with van der Waals surface area (Å²) in [6.07, 6.45) is 0.351. The molecule has 1 aromatic carbocycles. The lowest BCUT2D eigenvalue weighted by molar-refractivity contribution is -0.137. The van der Waals surface area contributed by atoms with E-state index in [4.69, 9.17) is 5.11 Å². The van der Waals surface area contributed by atoms with Crippen LogP contribution in [-0.2, 0) is 4.79 Å². The fraction of sp³-hybridized carbons (Fsp3) is 0.333. The molecule has 0 aliphatic heterocycles. The second-order valence-corrected chi connectivity index (χ2v) is 3.90. The number of carboxylic acids is 1. The van der Waals surface area contributed by atoms with Gasteiger partial charge in [-0.1, -0.05) is 0 Å². The number of benzene rings is 1. The van der Waals surface area contributed by atoms with Crippen LogP contribution in [0.5, 0.6) is 0 Å². The summed E-state index contributed by atoms with van der Waals surface area (Å²) >= 11 is 0. The Bertz CT molecular complexity index is 429. The molecule has 0 fully saturated rings. The number of urea groups is 1. The lowest BCUT2D eigenvalue weighted by Gasteiger charge is -2.07. The molecule has 0 spiro atoms. The van der Waals surface area contributed by atoms with Crippen molar-refractivity contribution in [2.75, 3.05) is 11.9 Å². The normalized spacial score (nSPS) is 9.89. The Morgan fingerprint density at radius 1 is 1.33 bits per heavy atom. The molecule has 0 heterocycles. The van der Waals surface area contributed by atoms with Gasteiger partial charge in [-0.25, -0.2) is 9.18 Å². The Labute approximate surface area is 104 Å². The van der Waals surface area contributed by atoms with E-state index in [1.165, 1.54) is 12.1 Å². The van der Waals surface area contributed by atoms with Gasteiger partial charge in [0.15, 0.2) is 0 Å². The molecule has 0 saturated carbocycles. The number of halogens is 1. The number of anilines is 1. The van der Waals surface area contributed by atoms with Crippen LogP contribution >= 0.6 is 0 Å². The van der Waals surface area contributed by atoms with Crippen molar-refractivity contribution in [3.8, 4) is 0 Å². The summed E-state index contributed by atoms with van der Waals surface area (Å²) < 4.78 is 13.0. The van der Waals surface area contributed by atoms with Gasteiger partial charge in [0, 0.05) is 18.7 Å². The monoisotopic (exact) mass is 254 g/mol. The van der Waals surface area contributed by atoms with E-state index >= 15 is 0 Å². The standard InChI is InChI=1S/C12H15FN2O3/c1-8-5-9(13)7-10(6-8)15-12(18)14-4-2-3-11(16)17/h5-7H,2-4H2,1H3,(H,16,17)(H2,14,15,18). The Morgan fingerprint density at radius 3 is 2.67 bits per heavy atom. The van der Waals surface area contributed by atoms with E-state index in [1.54, 1.807) is 13.0 Å². The molecule has 0 radical (unpaired) electrons. The molecule has 6 heteroatoms. The first-order chi connectivity index (χ1) is 8.47. The molecule has 98 valence electrons. The van der Waals surface area contributed by atoms with Crippen LogP contribution < -0.4 is 10.6 Å². The molecule has 0 aliphatic carbocycles. The van der Waals surface area contributed by atoms with E-state index in [1.807, 2.05) is 0 Å². The van der Waals surface area contributed by atoms with Gasteiger partial charge in [-0.2, -0.15) is 0 Å². The van der Waals surface area contributed by atoms with Crippen LogP contribution in [0, 0.1) is 12.7 Å². The summed E-state index contributed by atoms with van der Waals surface area (Å²) in [4.78, 5) is 21.6. The van der Waals surface area contributed by atoms with Crippen LogP contribution in [0.15, 0.2) is 18.2 Å². The smallest absolute Gasteiger partial charge is 0.319 e. The first-order valence-corrected chi connectivity index (χ1v) is 5.51. The molecule has 0 saturated heterocycles. The van der Waals surface area contributed by atoms with E-state index in [0.717, 1.165) is 0 Å². The highest BCUT2D eigenvalue weighted by atomic mass is 19.1. The number of hydrogen-bond donors (Lipinski definition) is 3. The lowest BCUT2D eigenvalue weighted by atomic mass is 10.2. The number of carbonyl (C=O) groups excluding carboxylic acids is 1. The van der Waals surface area contributed by atoms with Crippen molar-refractivity contribution in [2.45, 2.75) is 19.8 Å². The van der Waals surface area contributed by atoms with Crippen molar-refractivity contribution in [3.63, 3.8) is 0 Å². The summed E-state index contributed by atoms with van der Waals surface area (Å²) in [5.74, 6) is -1.32. The molecule has 3 N–H and O–H groups in total. The third-order valence-corrected chi connectivity index (χ3v) is 2.15. The fourth-order valence-corrected chi connectivity index (χ4v) is 1.43. The number of nitrogens with one attached hydrogen (secondary N) is 2. The maximum atomic E-state index is 13.0. The Kier molecular flexibility index (Phi) is 5.10. The van der Waals surface area contributed by atoms with Gasteiger partial charge in [-0.15, -0.1) is 0 Å². The summed E-state index contributed by atoms with van der Waals surface area (Å²) in [5, 5.41) is 13.4. The van der Waals surface area contributed by atoms with Gasteiger partial charge in [-0.05, 0) is 37.1 Å². The molecule has 1 aromatic rings. The van der Waals surface area contributed by atoms with Crippen LogP contribution in [0.2, 0.25) is 0 Å². The van der Waals surface area contributed by atoms with Crippen molar-refractivity contribution in [1.82, 2.24) is 5.32 Å². The maximum Gasteiger partial charge on any atom is 0.319 e. The number of carboxylic acid groups (broad SMARTS) is 1. The second-order valence-electron chi connectivity index (χ2n) is 3.90. The predicted molar refractivity (Wildman–Crippen MR) is 65.0 cm³/mol. The number of aryl methyl sites for hydroxylation is 1. The zero-order valence-electron chi connectivity index (χ0n) is 10.00. The summed E-state index contributed by atoms with van der Waals surface area (Å²) in [5.41, 5.74) is 1.07. The lowest BCUT2D eigenvalue weighted by Crippen LogP contribution is -2.29. The van der Waals surface area contributed by atoms with Crippen LogP contribution in [0.25, 0.3) is 0 Å². The van der Waals surface area contributed by atoms with Crippen molar-refractivity contribution in [2.24, 2.45) is 0 Å². The second kappa shape index (κ2) is 6.58. The number of aliphatic carboxylic acids is 1. The highest BCUT2D eigenvalue weighted by Crippen LogP contribution is 2.12. The molecule has 0 bridgehead atoms.